The first-order valence-electron chi connectivity index (χ1n) is 7.17. The van der Waals surface area contributed by atoms with Gasteiger partial charge < -0.3 is 14.6 Å². The maximum Gasteiger partial charge on any atom is 0.203 e. The number of unbranched alkanes of at least 4 members (excludes halogenated alkanes) is 1. The van der Waals surface area contributed by atoms with Gasteiger partial charge in [0.2, 0.25) is 5.95 Å². The number of aromatic nitrogens is 2. The molecule has 1 N–H and O–H groups in total. The highest BCUT2D eigenvalue weighted by Gasteiger charge is 2.22. The van der Waals surface area contributed by atoms with Crippen molar-refractivity contribution in [3.8, 4) is 0 Å². The summed E-state index contributed by atoms with van der Waals surface area (Å²) in [5.41, 5.74) is 1.09. The van der Waals surface area contributed by atoms with Crippen LogP contribution in [0.2, 0.25) is 0 Å². The van der Waals surface area contributed by atoms with Crippen molar-refractivity contribution in [2.75, 3.05) is 18.5 Å². The number of imidazole rings is 1. The molecule has 1 aliphatic carbocycles. The van der Waals surface area contributed by atoms with E-state index in [2.05, 4.69) is 28.0 Å². The highest BCUT2D eigenvalue weighted by molar-refractivity contribution is 5.32. The molecule has 18 heavy (non-hydrogen) atoms. The summed E-state index contributed by atoms with van der Waals surface area (Å²) >= 11 is 0. The lowest BCUT2D eigenvalue weighted by atomic mass is 10.3. The summed E-state index contributed by atoms with van der Waals surface area (Å²) in [6.45, 7) is 6.97. The number of hydrogen-bond acceptors (Lipinski definition) is 3. The van der Waals surface area contributed by atoms with Gasteiger partial charge in [0.15, 0.2) is 0 Å². The van der Waals surface area contributed by atoms with Crippen molar-refractivity contribution in [1.82, 2.24) is 9.55 Å². The first-order valence-corrected chi connectivity index (χ1v) is 7.17. The molecule has 1 fully saturated rings. The average Bonchev–Trinajstić information content (AvgIpc) is 3.08. The monoisotopic (exact) mass is 251 g/mol. The minimum Gasteiger partial charge on any atom is -0.381 e. The number of aryl methyl sites for hydroxylation is 2. The normalized spacial score (nSPS) is 15.0. The predicted molar refractivity (Wildman–Crippen MR) is 74.0 cm³/mol. The van der Waals surface area contributed by atoms with Crippen molar-refractivity contribution in [2.24, 2.45) is 0 Å². The van der Waals surface area contributed by atoms with Gasteiger partial charge >= 0.3 is 0 Å². The van der Waals surface area contributed by atoms with Crippen LogP contribution in [0.3, 0.4) is 0 Å². The van der Waals surface area contributed by atoms with Crippen LogP contribution in [0.25, 0.3) is 0 Å². The minimum absolute atomic E-state index is 0.659. The lowest BCUT2D eigenvalue weighted by Crippen LogP contribution is -2.10. The minimum atomic E-state index is 0.659. The number of ether oxygens (including phenoxy) is 1. The van der Waals surface area contributed by atoms with Gasteiger partial charge in [0.05, 0.1) is 5.69 Å². The molecule has 0 spiro atoms. The molecule has 4 nitrogen and oxygen atoms in total. The Balaban J connectivity index is 1.70. The quantitative estimate of drug-likeness (QED) is 0.686. The predicted octanol–water partition coefficient (Wildman–Crippen LogP) is 2.97. The maximum absolute atomic E-state index is 5.58. The zero-order chi connectivity index (χ0) is 12.8. The highest BCUT2D eigenvalue weighted by atomic mass is 16.5. The molecule has 0 aromatic carbocycles. The third-order valence-corrected chi connectivity index (χ3v) is 3.14. The summed E-state index contributed by atoms with van der Waals surface area (Å²) in [7, 11) is 0. The van der Waals surface area contributed by atoms with Crippen LogP contribution >= 0.6 is 0 Å². The van der Waals surface area contributed by atoms with E-state index in [1.807, 2.05) is 6.92 Å². The van der Waals surface area contributed by atoms with E-state index >= 15 is 0 Å². The summed E-state index contributed by atoms with van der Waals surface area (Å²) in [5, 5.41) is 3.48. The van der Waals surface area contributed by atoms with Crippen LogP contribution in [0.4, 0.5) is 5.95 Å². The summed E-state index contributed by atoms with van der Waals surface area (Å²) in [4.78, 5) is 4.53. The van der Waals surface area contributed by atoms with E-state index in [0.29, 0.717) is 6.04 Å². The molecule has 0 bridgehead atoms. The molecule has 1 saturated carbocycles. The van der Waals surface area contributed by atoms with Gasteiger partial charge in [0.25, 0.3) is 0 Å². The van der Waals surface area contributed by atoms with Crippen molar-refractivity contribution in [2.45, 2.75) is 58.5 Å². The van der Waals surface area contributed by atoms with Gasteiger partial charge in [-0.2, -0.15) is 0 Å². The van der Waals surface area contributed by atoms with Gasteiger partial charge in [0.1, 0.15) is 0 Å². The molecular weight excluding hydrogens is 226 g/mol. The van der Waals surface area contributed by atoms with Gasteiger partial charge in [0, 0.05) is 32.0 Å². The molecule has 0 saturated heterocycles. The van der Waals surface area contributed by atoms with Crippen molar-refractivity contribution in [1.29, 1.82) is 0 Å². The van der Waals surface area contributed by atoms with E-state index in [9.17, 15) is 0 Å². The van der Waals surface area contributed by atoms with Crippen LogP contribution in [0.1, 0.15) is 44.7 Å². The second-order valence-electron chi connectivity index (χ2n) is 5.14. The Morgan fingerprint density at radius 3 is 2.89 bits per heavy atom. The fourth-order valence-electron chi connectivity index (χ4n) is 1.93. The molecule has 1 aliphatic rings. The van der Waals surface area contributed by atoms with Crippen molar-refractivity contribution >= 4 is 5.95 Å². The maximum atomic E-state index is 5.58. The third-order valence-electron chi connectivity index (χ3n) is 3.14. The van der Waals surface area contributed by atoms with E-state index in [4.69, 9.17) is 4.74 Å². The van der Waals surface area contributed by atoms with Gasteiger partial charge in [-0.25, -0.2) is 4.98 Å². The van der Waals surface area contributed by atoms with E-state index in [0.717, 1.165) is 37.8 Å². The first-order chi connectivity index (χ1) is 8.79. The molecular formula is C14H25N3O. The molecule has 0 radical (unpaired) electrons. The van der Waals surface area contributed by atoms with Crippen LogP contribution in [-0.2, 0) is 11.3 Å². The molecule has 1 aromatic heterocycles. The van der Waals surface area contributed by atoms with Crippen LogP contribution in [0, 0.1) is 6.92 Å². The molecule has 0 unspecified atom stereocenters. The van der Waals surface area contributed by atoms with Gasteiger partial charge in [-0.1, -0.05) is 13.3 Å². The highest BCUT2D eigenvalue weighted by Crippen LogP contribution is 2.24. The topological polar surface area (TPSA) is 39.1 Å². The fourth-order valence-corrected chi connectivity index (χ4v) is 1.93. The Labute approximate surface area is 110 Å². The molecule has 0 amide bonds. The summed E-state index contributed by atoms with van der Waals surface area (Å²) in [6, 6.07) is 0.659. The Bertz CT molecular complexity index is 358. The molecule has 0 atom stereocenters. The average molecular weight is 251 g/mol. The van der Waals surface area contributed by atoms with E-state index in [1.165, 1.54) is 25.7 Å². The van der Waals surface area contributed by atoms with Crippen molar-refractivity contribution in [3.63, 3.8) is 0 Å². The summed E-state index contributed by atoms with van der Waals surface area (Å²) in [6.07, 6.45) is 8.11. The Kier molecular flexibility index (Phi) is 5.05. The number of hydrogen-bond donors (Lipinski definition) is 1. The molecule has 2 rings (SSSR count). The second kappa shape index (κ2) is 6.78. The van der Waals surface area contributed by atoms with Crippen molar-refractivity contribution < 1.29 is 4.74 Å². The Morgan fingerprint density at radius 1 is 1.39 bits per heavy atom. The molecule has 102 valence electrons. The zero-order valence-corrected chi connectivity index (χ0v) is 11.6. The van der Waals surface area contributed by atoms with Crippen LogP contribution in [-0.4, -0.2) is 28.8 Å². The van der Waals surface area contributed by atoms with Crippen LogP contribution in [0.15, 0.2) is 6.20 Å². The smallest absolute Gasteiger partial charge is 0.203 e. The van der Waals surface area contributed by atoms with Gasteiger partial charge in [-0.05, 0) is 32.6 Å². The van der Waals surface area contributed by atoms with E-state index < -0.39 is 0 Å². The SMILES string of the molecule is CCCCOCCCn1cc(C)nc1NC1CC1. The van der Waals surface area contributed by atoms with Crippen molar-refractivity contribution in [3.05, 3.63) is 11.9 Å². The lowest BCUT2D eigenvalue weighted by molar-refractivity contribution is 0.126. The fraction of sp³-hybridized carbons (Fsp3) is 0.786. The van der Waals surface area contributed by atoms with Gasteiger partial charge in [-0.3, -0.25) is 0 Å². The third kappa shape index (κ3) is 4.33. The number of nitrogens with zero attached hydrogens (tertiary/aromatic N) is 2. The number of rotatable bonds is 9. The lowest BCUT2D eigenvalue weighted by Gasteiger charge is -2.09. The summed E-state index contributed by atoms with van der Waals surface area (Å²) in [5.74, 6) is 1.03. The Hall–Kier alpha value is -1.03. The van der Waals surface area contributed by atoms with Gasteiger partial charge in [-0.15, -0.1) is 0 Å². The van der Waals surface area contributed by atoms with E-state index in [-0.39, 0.29) is 0 Å². The largest absolute Gasteiger partial charge is 0.381 e. The van der Waals surface area contributed by atoms with Crippen LogP contribution < -0.4 is 5.32 Å². The Morgan fingerprint density at radius 2 is 2.17 bits per heavy atom. The number of anilines is 1. The standard InChI is InChI=1S/C14H25N3O/c1-3-4-9-18-10-5-8-17-11-12(2)15-14(17)16-13-6-7-13/h11,13H,3-10H2,1-2H3,(H,15,16). The van der Waals surface area contributed by atoms with Crippen LogP contribution in [0.5, 0.6) is 0 Å². The molecule has 4 heteroatoms. The molecule has 0 aliphatic heterocycles. The second-order valence-corrected chi connectivity index (χ2v) is 5.14. The molecule has 1 aromatic rings. The first kappa shape index (κ1) is 13.4. The number of nitrogens with one attached hydrogen (secondary N) is 1. The molecule has 1 heterocycles. The summed E-state index contributed by atoms with van der Waals surface area (Å²) < 4.78 is 7.80. The zero-order valence-electron chi connectivity index (χ0n) is 11.6. The van der Waals surface area contributed by atoms with E-state index in [1.54, 1.807) is 0 Å².